The van der Waals surface area contributed by atoms with Crippen LogP contribution in [0.5, 0.6) is 11.5 Å². The largest absolute Gasteiger partial charge is 0.497 e. The van der Waals surface area contributed by atoms with Crippen LogP contribution in [0.3, 0.4) is 0 Å². The van der Waals surface area contributed by atoms with Gasteiger partial charge in [-0.15, -0.1) is 0 Å². The lowest BCUT2D eigenvalue weighted by Crippen LogP contribution is -2.04. The van der Waals surface area contributed by atoms with Crippen molar-refractivity contribution in [1.82, 2.24) is 0 Å². The summed E-state index contributed by atoms with van der Waals surface area (Å²) in [5.41, 5.74) is 0.769. The first-order valence-electron chi connectivity index (χ1n) is 5.88. The second-order valence-electron chi connectivity index (χ2n) is 4.08. The number of carbonyl (C=O) groups is 1. The Hall–Kier alpha value is -2.56. The predicted octanol–water partition coefficient (Wildman–Crippen LogP) is 3.11. The van der Waals surface area contributed by atoms with Gasteiger partial charge in [0.25, 0.3) is 0 Å². The van der Waals surface area contributed by atoms with Gasteiger partial charge < -0.3 is 14.6 Å². The molecular formula is C15H13FO4. The van der Waals surface area contributed by atoms with Crippen molar-refractivity contribution in [3.05, 3.63) is 59.4 Å². The number of hydrogen-bond acceptors (Lipinski definition) is 3. The molecule has 0 radical (unpaired) electrons. The molecule has 2 rings (SSSR count). The lowest BCUT2D eigenvalue weighted by atomic mass is 10.2. The van der Waals surface area contributed by atoms with E-state index < -0.39 is 5.97 Å². The van der Waals surface area contributed by atoms with Gasteiger partial charge in [0.1, 0.15) is 29.5 Å². The molecular weight excluding hydrogens is 263 g/mol. The molecule has 0 bridgehead atoms. The number of halogens is 1. The van der Waals surface area contributed by atoms with Gasteiger partial charge in [-0.2, -0.15) is 0 Å². The molecule has 0 unspecified atom stereocenters. The minimum Gasteiger partial charge on any atom is -0.497 e. The van der Waals surface area contributed by atoms with E-state index in [1.54, 1.807) is 18.2 Å². The molecule has 0 heterocycles. The van der Waals surface area contributed by atoms with Crippen molar-refractivity contribution in [3.8, 4) is 11.5 Å². The fraction of sp³-hybridized carbons (Fsp3) is 0.133. The molecule has 2 aromatic carbocycles. The zero-order valence-electron chi connectivity index (χ0n) is 10.8. The maximum atomic E-state index is 12.8. The number of rotatable bonds is 5. The maximum absolute atomic E-state index is 12.8. The van der Waals surface area contributed by atoms with Gasteiger partial charge in [-0.05, 0) is 35.9 Å². The summed E-state index contributed by atoms with van der Waals surface area (Å²) in [6, 6.07) is 10.4. The van der Waals surface area contributed by atoms with Crippen molar-refractivity contribution in [2.45, 2.75) is 6.61 Å². The predicted molar refractivity (Wildman–Crippen MR) is 70.7 cm³/mol. The van der Waals surface area contributed by atoms with Crippen molar-refractivity contribution in [1.29, 1.82) is 0 Å². The molecule has 0 saturated carbocycles. The average molecular weight is 276 g/mol. The highest BCUT2D eigenvalue weighted by atomic mass is 19.1. The number of carboxylic acid groups (broad SMARTS) is 1. The number of ether oxygens (including phenoxy) is 2. The minimum atomic E-state index is -1.10. The Balaban J connectivity index is 2.16. The molecule has 0 amide bonds. The summed E-state index contributed by atoms with van der Waals surface area (Å²) in [4.78, 5) is 11.2. The van der Waals surface area contributed by atoms with Crippen LogP contribution in [-0.2, 0) is 6.61 Å². The van der Waals surface area contributed by atoms with Crippen LogP contribution in [0.25, 0.3) is 0 Å². The molecule has 0 atom stereocenters. The second-order valence-corrected chi connectivity index (χ2v) is 4.08. The third-order valence-electron chi connectivity index (χ3n) is 2.72. The first-order chi connectivity index (χ1) is 9.60. The van der Waals surface area contributed by atoms with Crippen LogP contribution in [0.2, 0.25) is 0 Å². The van der Waals surface area contributed by atoms with Crippen LogP contribution < -0.4 is 9.47 Å². The molecule has 0 aliphatic carbocycles. The van der Waals surface area contributed by atoms with Crippen molar-refractivity contribution in [2.75, 3.05) is 7.11 Å². The smallest absolute Gasteiger partial charge is 0.339 e. The first-order valence-corrected chi connectivity index (χ1v) is 5.88. The van der Waals surface area contributed by atoms with Gasteiger partial charge >= 0.3 is 5.97 Å². The first kappa shape index (κ1) is 13.9. The topological polar surface area (TPSA) is 55.8 Å². The molecule has 1 N–H and O–H groups in total. The highest BCUT2D eigenvalue weighted by Crippen LogP contribution is 2.25. The molecule has 5 heteroatoms. The van der Waals surface area contributed by atoms with Gasteiger partial charge in [-0.3, -0.25) is 0 Å². The third kappa shape index (κ3) is 3.26. The Kier molecular flexibility index (Phi) is 4.20. The Labute approximate surface area is 115 Å². The summed E-state index contributed by atoms with van der Waals surface area (Å²) >= 11 is 0. The van der Waals surface area contributed by atoms with E-state index in [9.17, 15) is 9.18 Å². The summed E-state index contributed by atoms with van der Waals surface area (Å²) in [5, 5.41) is 9.13. The third-order valence-corrected chi connectivity index (χ3v) is 2.72. The molecule has 0 aliphatic rings. The number of aromatic carboxylic acids is 1. The standard InChI is InChI=1S/C15H13FO4/c1-19-12-6-7-14(13(8-12)15(17)18)20-9-10-2-4-11(16)5-3-10/h2-8H,9H2,1H3,(H,17,18). The minimum absolute atomic E-state index is 0.0199. The summed E-state index contributed by atoms with van der Waals surface area (Å²) in [6.07, 6.45) is 0. The van der Waals surface area contributed by atoms with E-state index in [0.29, 0.717) is 5.75 Å². The summed E-state index contributed by atoms with van der Waals surface area (Å²) in [6.45, 7) is 0.160. The fourth-order valence-electron chi connectivity index (χ4n) is 1.67. The van der Waals surface area contributed by atoms with E-state index in [1.165, 1.54) is 31.4 Å². The normalized spacial score (nSPS) is 10.1. The Morgan fingerprint density at radius 1 is 1.20 bits per heavy atom. The van der Waals surface area contributed by atoms with E-state index in [-0.39, 0.29) is 23.7 Å². The summed E-state index contributed by atoms with van der Waals surface area (Å²) in [5.74, 6) is -0.749. The highest BCUT2D eigenvalue weighted by molar-refractivity contribution is 5.91. The van der Waals surface area contributed by atoms with E-state index in [1.807, 2.05) is 0 Å². The van der Waals surface area contributed by atoms with E-state index in [0.717, 1.165) is 5.56 Å². The fourth-order valence-corrected chi connectivity index (χ4v) is 1.67. The molecule has 0 spiro atoms. The molecule has 104 valence electrons. The molecule has 20 heavy (non-hydrogen) atoms. The zero-order valence-corrected chi connectivity index (χ0v) is 10.8. The van der Waals surface area contributed by atoms with Crippen LogP contribution in [0.15, 0.2) is 42.5 Å². The van der Waals surface area contributed by atoms with Gasteiger partial charge in [0.05, 0.1) is 7.11 Å². The maximum Gasteiger partial charge on any atom is 0.339 e. The quantitative estimate of drug-likeness (QED) is 0.911. The molecule has 0 fully saturated rings. The van der Waals surface area contributed by atoms with Gasteiger partial charge in [0.2, 0.25) is 0 Å². The van der Waals surface area contributed by atoms with Crippen molar-refractivity contribution in [3.63, 3.8) is 0 Å². The summed E-state index contributed by atoms with van der Waals surface area (Å²) < 4.78 is 23.2. The van der Waals surface area contributed by atoms with Gasteiger partial charge in [-0.25, -0.2) is 9.18 Å². The monoisotopic (exact) mass is 276 g/mol. The lowest BCUT2D eigenvalue weighted by Gasteiger charge is -2.10. The number of hydrogen-bond donors (Lipinski definition) is 1. The Morgan fingerprint density at radius 2 is 1.90 bits per heavy atom. The van der Waals surface area contributed by atoms with Crippen molar-refractivity contribution < 1.29 is 23.8 Å². The van der Waals surface area contributed by atoms with Gasteiger partial charge in [-0.1, -0.05) is 12.1 Å². The van der Waals surface area contributed by atoms with Gasteiger partial charge in [0, 0.05) is 0 Å². The number of benzene rings is 2. The van der Waals surface area contributed by atoms with Crippen molar-refractivity contribution in [2.24, 2.45) is 0 Å². The Morgan fingerprint density at radius 3 is 2.50 bits per heavy atom. The molecule has 0 aliphatic heterocycles. The van der Waals surface area contributed by atoms with E-state index >= 15 is 0 Å². The molecule has 0 saturated heterocycles. The van der Waals surface area contributed by atoms with E-state index in [4.69, 9.17) is 14.6 Å². The molecule has 2 aromatic rings. The number of methoxy groups -OCH3 is 1. The SMILES string of the molecule is COc1ccc(OCc2ccc(F)cc2)c(C(=O)O)c1. The zero-order chi connectivity index (χ0) is 14.5. The van der Waals surface area contributed by atoms with Crippen LogP contribution in [0, 0.1) is 5.82 Å². The van der Waals surface area contributed by atoms with Crippen LogP contribution in [0.4, 0.5) is 4.39 Å². The Bertz CT molecular complexity index is 608. The van der Waals surface area contributed by atoms with Gasteiger partial charge in [0.15, 0.2) is 0 Å². The summed E-state index contributed by atoms with van der Waals surface area (Å²) in [7, 11) is 1.46. The lowest BCUT2D eigenvalue weighted by molar-refractivity contribution is 0.0691. The highest BCUT2D eigenvalue weighted by Gasteiger charge is 2.13. The van der Waals surface area contributed by atoms with Crippen LogP contribution in [0.1, 0.15) is 15.9 Å². The molecule has 4 nitrogen and oxygen atoms in total. The second kappa shape index (κ2) is 6.06. The number of carboxylic acids is 1. The average Bonchev–Trinajstić information content (AvgIpc) is 2.46. The van der Waals surface area contributed by atoms with Crippen LogP contribution >= 0.6 is 0 Å². The van der Waals surface area contributed by atoms with Crippen LogP contribution in [-0.4, -0.2) is 18.2 Å². The molecule has 0 aromatic heterocycles. The van der Waals surface area contributed by atoms with Crippen molar-refractivity contribution >= 4 is 5.97 Å². The van der Waals surface area contributed by atoms with E-state index in [2.05, 4.69) is 0 Å².